The Morgan fingerprint density at radius 2 is 0.777 bits per heavy atom. The van der Waals surface area contributed by atoms with Crippen molar-refractivity contribution in [3.8, 4) is 135 Å². The minimum atomic E-state index is -1.16. The van der Waals surface area contributed by atoms with Gasteiger partial charge in [0.05, 0.1) is 84.9 Å². The predicted molar refractivity (Wildman–Crippen MR) is 498 cm³/mol. The van der Waals surface area contributed by atoms with Crippen LogP contribution in [0.15, 0.2) is 135 Å². The second-order valence-corrected chi connectivity index (χ2v) is 34.1. The van der Waals surface area contributed by atoms with E-state index in [1.54, 1.807) is 80.6 Å². The number of piperidine rings is 3. The number of nitrogen functional groups attached to an aromatic ring is 4. The highest BCUT2D eigenvalue weighted by Crippen LogP contribution is 2.41. The van der Waals surface area contributed by atoms with Gasteiger partial charge in [-0.15, -0.1) is 31.7 Å². The summed E-state index contributed by atoms with van der Waals surface area (Å²) in [4.78, 5) is 19.6. The fourth-order valence-electron chi connectivity index (χ4n) is 16.3. The third kappa shape index (κ3) is 20.7. The summed E-state index contributed by atoms with van der Waals surface area (Å²) in [6.07, 6.45) is 24.4. The number of pyridine rings is 4. The molecule has 39 nitrogen and oxygen atoms in total. The number of aromatic nitrogens is 26. The number of nitrogens with zero attached hydrogens (tertiary/aromatic N) is 26. The van der Waals surface area contributed by atoms with Crippen molar-refractivity contribution in [2.45, 2.75) is 110 Å². The number of fused-ring (bicyclic) bond motifs is 1. The van der Waals surface area contributed by atoms with Crippen LogP contribution in [0.1, 0.15) is 100.0 Å². The molecule has 0 spiro atoms. The summed E-state index contributed by atoms with van der Waals surface area (Å²) in [5.41, 5.74) is 33.3. The first kappa shape index (κ1) is 95.5. The summed E-state index contributed by atoms with van der Waals surface area (Å²) in [5.74, 6) is -8.73. The quantitative estimate of drug-likeness (QED) is 0.0195. The number of nitrogens with two attached hydrogens (primary N) is 4. The van der Waals surface area contributed by atoms with Gasteiger partial charge in [-0.2, -0.15) is 51.6 Å². The zero-order valence-electron chi connectivity index (χ0n) is 76.1. The third-order valence-electron chi connectivity index (χ3n) is 23.6. The Morgan fingerprint density at radius 3 is 1.21 bits per heavy atom. The van der Waals surface area contributed by atoms with E-state index in [1.807, 2.05) is 52.5 Å². The molecule has 0 atom stereocenters. The Bertz CT molecular complexity index is 7000. The summed E-state index contributed by atoms with van der Waals surface area (Å²) in [6, 6.07) is 21.0. The third-order valence-corrected chi connectivity index (χ3v) is 24.8. The van der Waals surface area contributed by atoms with Crippen LogP contribution in [0.3, 0.4) is 0 Å². The fraction of sp³-hybridized carbons (Fsp3) is 0.330. The first-order valence-electron chi connectivity index (χ1n) is 44.7. The highest BCUT2D eigenvalue weighted by Gasteiger charge is 2.31. The standard InChI is InChI=1S/C23H25F2N9O2.C23H25F2N9O.C23H23F2N7OS.C22H23F2N9O/c1-35-8-9-36-19-3-2-18(20(24)21(19)25)34-23(30-31-32-34)17-10-14(11-28-22(17)26)15-12-29-33(13-15)16-4-6-27-7-5-16;1-2-9-35-19-4-3-18(20(24)21(19)25)34-23(30-31-32-34)17-10-14(11-28-22(17)26)15-12-29-33(13-15)16-5-7-27-8-6-16;1-12(2)33-17-4-3-16(20(24)21(17)25)32-23(29-30-31-32)15-9-14(11-28-22(15)26)19-10-13-5-7-27-8-6-18(13)34-19;1-12-16(11-32(29-12)14-5-7-26-8-6-14)13-9-15(21(25)27-10-13)22-28-30-31-33(22)17-3-4-18(34-2)20(24)19(17)23/h2-3,10-13,16,27H,4-9H2,1H3,(H2,26,28);3-4,10-13,16,27H,2,5-9H2,1H3,(H2,26,28);3-4,9-12,27H,5-8H2,1-2H3,(H2,26,28);3-4,9-11,14,26H,5-8H2,1-2H3,(H2,25,27). The Labute approximate surface area is 792 Å². The molecule has 0 amide bonds. The molecule has 4 aliphatic rings. The Balaban J connectivity index is 0.000000128. The molecule has 12 N–H and O–H groups in total. The van der Waals surface area contributed by atoms with Crippen LogP contribution in [0.4, 0.5) is 58.4 Å². The molecule has 4 aliphatic heterocycles. The average Bonchev–Trinajstić information content (AvgIpc) is 1.69. The number of methoxy groups -OCH3 is 2. The maximum atomic E-state index is 15.0. The minimum Gasteiger partial charge on any atom is -0.494 e. The van der Waals surface area contributed by atoms with E-state index in [0.29, 0.717) is 46.8 Å². The van der Waals surface area contributed by atoms with E-state index in [9.17, 15) is 35.1 Å². The van der Waals surface area contributed by atoms with Crippen molar-refractivity contribution in [3.05, 3.63) is 197 Å². The van der Waals surface area contributed by atoms with Gasteiger partial charge in [0.2, 0.25) is 23.3 Å². The molecule has 16 aromatic rings. The lowest BCUT2D eigenvalue weighted by atomic mass is 10.1. The number of hydrogen-bond acceptors (Lipinski definition) is 33. The molecule has 48 heteroatoms. The normalized spacial score (nSPS) is 14.2. The monoisotopic (exact) mass is 1930 g/mol. The van der Waals surface area contributed by atoms with Crippen molar-refractivity contribution in [2.24, 2.45) is 0 Å². The van der Waals surface area contributed by atoms with Gasteiger partial charge in [-0.05, 0) is 257 Å². The molecular weight excluding hydrogens is 1830 g/mol. The molecule has 0 saturated carbocycles. The van der Waals surface area contributed by atoms with Gasteiger partial charge in [-0.1, -0.05) is 6.92 Å². The zero-order chi connectivity index (χ0) is 97.1. The molecule has 16 heterocycles. The van der Waals surface area contributed by atoms with Gasteiger partial charge in [0, 0.05) is 99.2 Å². The van der Waals surface area contributed by atoms with E-state index in [4.69, 9.17) is 51.7 Å². The van der Waals surface area contributed by atoms with Crippen molar-refractivity contribution in [1.29, 1.82) is 0 Å². The highest BCUT2D eigenvalue weighted by atomic mass is 32.1. The van der Waals surface area contributed by atoms with Crippen molar-refractivity contribution >= 4 is 34.6 Å². The number of halogens is 8. The van der Waals surface area contributed by atoms with Crippen LogP contribution in [0.5, 0.6) is 23.0 Å². The smallest absolute Gasteiger partial charge is 0.202 e. The topological polar surface area (TPSA) is 478 Å². The van der Waals surface area contributed by atoms with E-state index in [0.717, 1.165) is 172 Å². The summed E-state index contributed by atoms with van der Waals surface area (Å²) in [5, 5.41) is 73.4. The number of tetrazole rings is 4. The van der Waals surface area contributed by atoms with Crippen LogP contribution in [0.25, 0.3) is 112 Å². The lowest BCUT2D eigenvalue weighted by molar-refractivity contribution is 0.143. The fourth-order valence-corrected chi connectivity index (χ4v) is 17.5. The summed E-state index contributed by atoms with van der Waals surface area (Å²) in [6.45, 7) is 15.5. The largest absolute Gasteiger partial charge is 0.494 e. The van der Waals surface area contributed by atoms with Crippen LogP contribution >= 0.6 is 11.3 Å². The maximum absolute atomic E-state index is 15.0. The summed E-state index contributed by atoms with van der Waals surface area (Å²) < 4.78 is 154. The van der Waals surface area contributed by atoms with Crippen LogP contribution < -0.4 is 63.1 Å². The maximum Gasteiger partial charge on any atom is 0.202 e. The zero-order valence-corrected chi connectivity index (χ0v) is 76.9. The molecule has 3 fully saturated rings. The van der Waals surface area contributed by atoms with Gasteiger partial charge in [-0.3, -0.25) is 14.0 Å². The second kappa shape index (κ2) is 43.0. The summed E-state index contributed by atoms with van der Waals surface area (Å²) in [7, 11) is 2.74. The SMILES string of the molecule is CC(C)Oc1ccc(-n2nnnc2-c2cc(-c3cc4c(s3)CCNCC4)cnc2N)c(F)c1F.CCCOc1ccc(-n2nnnc2-c2cc(-c3cnn(C4CCNCC4)c3)cnc2N)c(F)c1F.COCCOc1ccc(-n2nnnc2-c2cc(-c3cnn(C4CCNCC4)c3)cnc2N)c(F)c1F.COc1ccc(-n2nnnc2-c2cc(-c3cn(C4CCNCC4)nc3C)cnc2N)c(F)c1F. The van der Waals surface area contributed by atoms with Crippen molar-refractivity contribution in [3.63, 3.8) is 0 Å². The van der Waals surface area contributed by atoms with Crippen molar-refractivity contribution in [1.82, 2.24) is 151 Å². The molecule has 0 radical (unpaired) electrons. The molecular formula is C91H96F8N34O5S. The number of nitrogens with one attached hydrogen (secondary N) is 4. The molecule has 0 aliphatic carbocycles. The van der Waals surface area contributed by atoms with E-state index in [-0.39, 0.29) is 118 Å². The number of ether oxygens (including phenoxy) is 5. The van der Waals surface area contributed by atoms with Crippen LogP contribution in [-0.2, 0) is 17.6 Å². The molecule has 4 aromatic carbocycles. The molecule has 139 heavy (non-hydrogen) atoms. The van der Waals surface area contributed by atoms with Crippen LogP contribution in [0.2, 0.25) is 0 Å². The molecule has 12 aromatic heterocycles. The van der Waals surface area contributed by atoms with E-state index < -0.39 is 46.5 Å². The van der Waals surface area contributed by atoms with Gasteiger partial charge in [0.1, 0.15) is 52.6 Å². The van der Waals surface area contributed by atoms with Gasteiger partial charge in [-0.25, -0.2) is 37.5 Å². The van der Waals surface area contributed by atoms with Crippen molar-refractivity contribution < 1.29 is 58.8 Å². The van der Waals surface area contributed by atoms with E-state index in [1.165, 1.54) is 73.2 Å². The van der Waals surface area contributed by atoms with Gasteiger partial charge in [0.15, 0.2) is 69.6 Å². The highest BCUT2D eigenvalue weighted by molar-refractivity contribution is 7.15. The number of rotatable bonds is 25. The first-order chi connectivity index (χ1) is 67.5. The van der Waals surface area contributed by atoms with Gasteiger partial charge >= 0.3 is 0 Å². The predicted octanol–water partition coefficient (Wildman–Crippen LogP) is 12.0. The molecule has 0 unspecified atom stereocenters. The summed E-state index contributed by atoms with van der Waals surface area (Å²) >= 11 is 1.72. The van der Waals surface area contributed by atoms with Crippen LogP contribution in [0, 0.1) is 53.5 Å². The average molecular weight is 1930 g/mol. The van der Waals surface area contributed by atoms with Crippen molar-refractivity contribution in [2.75, 3.05) is 109 Å². The number of thiophene rings is 1. The molecule has 0 bridgehead atoms. The lowest BCUT2D eigenvalue weighted by Gasteiger charge is -2.22. The Kier molecular flexibility index (Phi) is 29.5. The molecule has 722 valence electrons. The molecule has 3 saturated heterocycles. The Hall–Kier alpha value is -15.3. The Morgan fingerprint density at radius 1 is 0.403 bits per heavy atom. The number of benzene rings is 4. The van der Waals surface area contributed by atoms with E-state index in [2.05, 4.69) is 120 Å². The van der Waals surface area contributed by atoms with E-state index >= 15 is 0 Å². The molecule has 20 rings (SSSR count). The lowest BCUT2D eigenvalue weighted by Crippen LogP contribution is -2.29. The van der Waals surface area contributed by atoms with Gasteiger partial charge in [0.25, 0.3) is 0 Å². The van der Waals surface area contributed by atoms with Crippen LogP contribution in [-0.4, -0.2) is 223 Å². The second-order valence-electron chi connectivity index (χ2n) is 33.0. The minimum absolute atomic E-state index is 0.0750. The number of anilines is 4. The van der Waals surface area contributed by atoms with Gasteiger partial charge < -0.3 is 67.9 Å². The number of aryl methyl sites for hydroxylation is 1. The number of hydrogen-bond donors (Lipinski definition) is 8. The first-order valence-corrected chi connectivity index (χ1v) is 45.5.